The van der Waals surface area contributed by atoms with Crippen molar-refractivity contribution in [2.24, 2.45) is 5.90 Å². The van der Waals surface area contributed by atoms with Crippen LogP contribution in [-0.4, -0.2) is 180 Å². The van der Waals surface area contributed by atoms with Gasteiger partial charge in [0.1, 0.15) is 23.4 Å². The number of carbonyl (C=O) groups excluding carboxylic acids is 1. The summed E-state index contributed by atoms with van der Waals surface area (Å²) in [7, 11) is 0. The quantitative estimate of drug-likeness (QED) is 0.0241. The second-order valence-corrected chi connectivity index (χ2v) is 6.33. The van der Waals surface area contributed by atoms with Crippen LogP contribution < -0.4 is 24.3 Å². The molecule has 0 saturated carbocycles. The third kappa shape index (κ3) is 107. The molecular weight excluding hydrogens is 1210 g/mol. The van der Waals surface area contributed by atoms with Gasteiger partial charge in [0, 0.05) is 89.5 Å². The zero-order valence-corrected chi connectivity index (χ0v) is 33.0. The average Bonchev–Trinajstić information content (AvgIpc) is 2.86. The van der Waals surface area contributed by atoms with Crippen LogP contribution in [0.4, 0.5) is 0 Å². The number of aliphatic hydroxyl groups excluding tert-OH is 5. The van der Waals surface area contributed by atoms with Crippen LogP contribution in [0.1, 0.15) is 28.7 Å². The van der Waals surface area contributed by atoms with Gasteiger partial charge in [0.2, 0.25) is 6.10 Å². The van der Waals surface area contributed by atoms with Crippen LogP contribution in [0, 0.1) is 40.5 Å². The van der Waals surface area contributed by atoms with Crippen molar-refractivity contribution in [3.63, 3.8) is 0 Å². The number of hydrogen-bond donors (Lipinski definition) is 19. The van der Waals surface area contributed by atoms with Gasteiger partial charge in [-0.15, -0.1) is 40.5 Å². The van der Waals surface area contributed by atoms with E-state index in [-0.39, 0.29) is 151 Å². The Morgan fingerprint density at radius 2 is 0.912 bits per heavy atom. The maximum Gasteiger partial charge on any atom is 0.345 e. The molecule has 0 aliphatic carbocycles. The Hall–Kier alpha value is -1.90. The molecular formula is C14H56Ag4N8O31. The van der Waals surface area contributed by atoms with E-state index >= 15 is 0 Å². The normalized spacial score (nSPS) is 10.8. The van der Waals surface area contributed by atoms with Crippen molar-refractivity contribution in [1.29, 1.82) is 0 Å². The fraction of sp³-hybridized carbons (Fsp3) is 0.857. The minimum atomic E-state index is -3.39. The smallest absolute Gasteiger partial charge is 0.345 e. The van der Waals surface area contributed by atoms with E-state index in [1.165, 1.54) is 0 Å². The third-order valence-corrected chi connectivity index (χ3v) is 3.26. The Kier molecular flexibility index (Phi) is 172. The van der Waals surface area contributed by atoms with Crippen LogP contribution in [0.3, 0.4) is 0 Å². The molecule has 0 aromatic carbocycles. The van der Waals surface area contributed by atoms with E-state index in [2.05, 4.69) is 15.7 Å². The van der Waals surface area contributed by atoms with Gasteiger partial charge < -0.3 is 122 Å². The Labute approximate surface area is 381 Å². The molecule has 0 aromatic heterocycles. The second kappa shape index (κ2) is 75.0. The molecule has 0 bridgehead atoms. The standard InChI is InChI=1S/C8H16O6.C4H8O8.2CH4.4Ag.4HNO3.H3NO.3H3N.4H2O/c1-7(13,4-10)8(2,14)6(12)5(11)3-9;5-1-11-12-4(9,10)2(6)3(7)8;;;;;;;4*2-1(3)4;1-2;;;;;;;/h3,5-6,10-14H,4H2,1-2H3;2,5-6,9-10H,1H2,(H,7,8);2*1H4;;;;;4*(H,2,3,4);2H,1H2;3*1H3;4*1H2. The number of hydrogen-bond acceptors (Lipinski definition) is 26. The summed E-state index contributed by atoms with van der Waals surface area (Å²) in [6.07, 6.45) is -6.25. The monoisotopic (exact) mass is 1260 g/mol. The number of nitrogens with two attached hydrogens (primary N) is 1. The molecule has 57 heavy (non-hydrogen) atoms. The molecule has 0 saturated heterocycles. The summed E-state index contributed by atoms with van der Waals surface area (Å²) in [5.41, 5.74) is -4.21. The second-order valence-electron chi connectivity index (χ2n) is 6.33. The summed E-state index contributed by atoms with van der Waals surface area (Å²) in [5, 5.41) is 149. The molecule has 43 heteroatoms. The number of rotatable bonds is 10. The molecule has 0 heterocycles. The number of aldehydes is 1. The van der Waals surface area contributed by atoms with Gasteiger partial charge in [-0.25, -0.2) is 15.6 Å². The Morgan fingerprint density at radius 3 is 1.05 bits per heavy atom. The van der Waals surface area contributed by atoms with Crippen LogP contribution in [0.25, 0.3) is 0 Å². The van der Waals surface area contributed by atoms with E-state index in [9.17, 15) is 24.9 Å². The molecule has 0 aromatic rings. The molecule has 0 aliphatic heterocycles. The van der Waals surface area contributed by atoms with Gasteiger partial charge in [-0.3, -0.25) is 0 Å². The van der Waals surface area contributed by atoms with E-state index in [4.69, 9.17) is 102 Å². The van der Waals surface area contributed by atoms with Crippen LogP contribution in [0.2, 0.25) is 0 Å². The fourth-order valence-corrected chi connectivity index (χ4v) is 1.21. The van der Waals surface area contributed by atoms with Crippen LogP contribution >= 0.6 is 0 Å². The van der Waals surface area contributed by atoms with E-state index in [0.717, 1.165) is 13.8 Å². The SMILES string of the molecule is C.C.CC(O)(CO)C(C)(O)C(O)C(O)C=O.N.N.N.NO.O.O.O.O.O=C(O)C(O)C(O)(O)OOCO.O=[N+]([O-])O.O=[N+]([O-])O.O=[N+]([O-])O.O=[N+]([O-])O.[Ag].[Ag].[Ag].[Ag]. The van der Waals surface area contributed by atoms with E-state index in [1.54, 1.807) is 0 Å². The Balaban J connectivity index is -0.0000000163. The van der Waals surface area contributed by atoms with Gasteiger partial charge >= 0.3 is 11.9 Å². The average molecular weight is 1260 g/mol. The number of carboxylic acid groups (broad SMARTS) is 1. The molecule has 5 unspecified atom stereocenters. The molecule has 0 rings (SSSR count). The molecule has 382 valence electrons. The zero-order valence-electron chi connectivity index (χ0n) is 27.0. The van der Waals surface area contributed by atoms with Crippen molar-refractivity contribution >= 4 is 12.3 Å². The van der Waals surface area contributed by atoms with Gasteiger partial charge in [0.15, 0.2) is 13.1 Å². The summed E-state index contributed by atoms with van der Waals surface area (Å²) in [4.78, 5) is 60.7. The summed E-state index contributed by atoms with van der Waals surface area (Å²) >= 11 is 0. The maximum absolute atomic E-state index is 10.1. The summed E-state index contributed by atoms with van der Waals surface area (Å²) in [5.74, 6) is -1.81. The molecule has 0 fully saturated rings. The predicted octanol–water partition coefficient (Wildman–Crippen LogP) is -9.24. The van der Waals surface area contributed by atoms with Gasteiger partial charge in [-0.1, -0.05) is 14.9 Å². The van der Waals surface area contributed by atoms with Crippen molar-refractivity contribution < 1.29 is 228 Å². The van der Waals surface area contributed by atoms with Crippen molar-refractivity contribution in [2.45, 2.75) is 64.2 Å². The minimum absolute atomic E-state index is 0. The van der Waals surface area contributed by atoms with Gasteiger partial charge in [-0.05, 0) is 13.8 Å². The summed E-state index contributed by atoms with van der Waals surface area (Å²) in [6, 6.07) is 0. The third-order valence-electron chi connectivity index (χ3n) is 3.26. The van der Waals surface area contributed by atoms with E-state index in [0.29, 0.717) is 0 Å². The Morgan fingerprint density at radius 1 is 0.702 bits per heavy atom. The van der Waals surface area contributed by atoms with Crippen molar-refractivity contribution in [1.82, 2.24) is 18.5 Å². The largest absolute Gasteiger partial charge is 0.479 e. The van der Waals surface area contributed by atoms with E-state index in [1.807, 2.05) is 0 Å². The molecule has 0 amide bonds. The van der Waals surface area contributed by atoms with Gasteiger partial charge in [0.05, 0.1) is 6.61 Å². The first kappa shape index (κ1) is 131. The molecule has 34 N–H and O–H groups in total. The fourth-order valence-electron chi connectivity index (χ4n) is 1.21. The first-order valence-electron chi connectivity index (χ1n) is 9.28. The molecule has 4 radical (unpaired) electrons. The molecule has 5 atom stereocenters. The number of aliphatic hydroxyl groups is 9. The molecule has 0 aliphatic rings. The van der Waals surface area contributed by atoms with Crippen LogP contribution in [0.5, 0.6) is 0 Å². The number of nitrogens with zero attached hydrogens (tertiary/aromatic N) is 4. The molecule has 39 nitrogen and oxygen atoms in total. The maximum atomic E-state index is 10.1. The zero-order chi connectivity index (χ0) is 37.7. The molecule has 0 spiro atoms. The summed E-state index contributed by atoms with van der Waals surface area (Å²) in [6.45, 7) is 0.256. The van der Waals surface area contributed by atoms with Crippen LogP contribution in [0.15, 0.2) is 0 Å². The van der Waals surface area contributed by atoms with Crippen molar-refractivity contribution in [3.05, 3.63) is 40.5 Å². The van der Waals surface area contributed by atoms with Gasteiger partial charge in [0.25, 0.3) is 20.3 Å². The predicted molar refractivity (Wildman–Crippen MR) is 161 cm³/mol. The van der Waals surface area contributed by atoms with Gasteiger partial charge in [-0.2, -0.15) is 4.89 Å². The topological polar surface area (TPSA) is 786 Å². The number of carbonyl (C=O) groups is 2. The number of carboxylic acids is 1. The number of aliphatic carboxylic acids is 1. The Bertz CT molecular complexity index is 764. The first-order valence-corrected chi connectivity index (χ1v) is 9.28. The van der Waals surface area contributed by atoms with Crippen LogP contribution in [-0.2, 0) is 109 Å². The summed E-state index contributed by atoms with van der Waals surface area (Å²) < 4.78 is 0. The minimum Gasteiger partial charge on any atom is -0.479 e. The van der Waals surface area contributed by atoms with E-state index < -0.39 is 75.2 Å². The van der Waals surface area contributed by atoms with Crippen molar-refractivity contribution in [2.75, 3.05) is 13.4 Å². The van der Waals surface area contributed by atoms with Crippen molar-refractivity contribution in [3.8, 4) is 0 Å². The first-order chi connectivity index (χ1) is 19.5.